The fourth-order valence-electron chi connectivity index (χ4n) is 5.78. The normalized spacial score (nSPS) is 18.3. The van der Waals surface area contributed by atoms with Gasteiger partial charge in [0.15, 0.2) is 0 Å². The van der Waals surface area contributed by atoms with Crippen molar-refractivity contribution in [3.8, 4) is 0 Å². The minimum Gasteiger partial charge on any atom is -0.350 e. The van der Waals surface area contributed by atoms with Crippen LogP contribution in [0, 0.1) is 11.6 Å². The molecule has 2 aromatic carbocycles. The lowest BCUT2D eigenvalue weighted by Crippen LogP contribution is -2.39. The maximum atomic E-state index is 13.7. The Morgan fingerprint density at radius 3 is 2.12 bits per heavy atom. The Hall–Kier alpha value is -2.80. The first-order chi connectivity index (χ1) is 20.0. The molecule has 4 rings (SSSR count). The van der Waals surface area contributed by atoms with Crippen molar-refractivity contribution in [3.63, 3.8) is 0 Å². The molecule has 0 aliphatic carbocycles. The molecule has 234 valence electrons. The number of amides is 2. The number of likely N-dealkylation sites (tertiary alicyclic amines) is 2. The van der Waals surface area contributed by atoms with Crippen LogP contribution in [0.1, 0.15) is 121 Å². The molecule has 2 heterocycles. The van der Waals surface area contributed by atoms with Crippen molar-refractivity contribution in [3.05, 3.63) is 70.3 Å². The quantitative estimate of drug-likeness (QED) is 0.338. The fourth-order valence-corrected chi connectivity index (χ4v) is 5.78. The molecule has 1 unspecified atom stereocenters. The van der Waals surface area contributed by atoms with Gasteiger partial charge >= 0.3 is 0 Å². The Morgan fingerprint density at radius 2 is 1.60 bits per heavy atom. The van der Waals surface area contributed by atoms with E-state index in [1.54, 1.807) is 6.07 Å². The predicted octanol–water partition coefficient (Wildman–Crippen LogP) is 7.75. The molecule has 5 nitrogen and oxygen atoms in total. The van der Waals surface area contributed by atoms with Crippen molar-refractivity contribution in [2.45, 2.75) is 111 Å². The number of halogens is 2. The second kappa shape index (κ2) is 16.7. The van der Waals surface area contributed by atoms with Crippen LogP contribution in [0.2, 0.25) is 0 Å². The van der Waals surface area contributed by atoms with Crippen molar-refractivity contribution in [2.75, 3.05) is 26.2 Å². The number of nitrogens with zero attached hydrogens (tertiary/aromatic N) is 2. The van der Waals surface area contributed by atoms with Gasteiger partial charge in [0.2, 0.25) is 12.3 Å². The summed E-state index contributed by atoms with van der Waals surface area (Å²) in [5, 5.41) is 3.09. The third-order valence-corrected chi connectivity index (χ3v) is 8.38. The SMILES string of the molecule is CC.CC(C)(C)N1CC[C@H](c2ccc(F)cc2F)C1.CCC(=O)NC(C)c1cc(CC)ccc1C1CCN(C=O)CC1. The van der Waals surface area contributed by atoms with Gasteiger partial charge in [-0.2, -0.15) is 0 Å². The van der Waals surface area contributed by atoms with Gasteiger partial charge in [-0.1, -0.05) is 52.0 Å². The van der Waals surface area contributed by atoms with E-state index in [1.165, 1.54) is 22.8 Å². The Kier molecular flexibility index (Phi) is 14.1. The number of carbonyl (C=O) groups excluding carboxylic acids is 2. The molecule has 0 aromatic heterocycles. The molecule has 0 spiro atoms. The number of piperidine rings is 1. The predicted molar refractivity (Wildman–Crippen MR) is 169 cm³/mol. The van der Waals surface area contributed by atoms with E-state index in [-0.39, 0.29) is 23.4 Å². The molecule has 2 amide bonds. The van der Waals surface area contributed by atoms with Crippen LogP contribution < -0.4 is 5.32 Å². The third kappa shape index (κ3) is 9.89. The van der Waals surface area contributed by atoms with Crippen LogP contribution in [0.4, 0.5) is 8.78 Å². The van der Waals surface area contributed by atoms with Crippen molar-refractivity contribution >= 4 is 12.3 Å². The highest BCUT2D eigenvalue weighted by Crippen LogP contribution is 2.34. The lowest BCUT2D eigenvalue weighted by molar-refractivity contribution is -0.121. The van der Waals surface area contributed by atoms with Crippen LogP contribution in [0.5, 0.6) is 0 Å². The number of carbonyl (C=O) groups is 2. The number of nitrogens with one attached hydrogen (secondary N) is 1. The van der Waals surface area contributed by atoms with Crippen molar-refractivity contribution < 1.29 is 18.4 Å². The molecule has 0 bridgehead atoms. The van der Waals surface area contributed by atoms with Crippen molar-refractivity contribution in [1.29, 1.82) is 0 Å². The maximum absolute atomic E-state index is 13.7. The summed E-state index contributed by atoms with van der Waals surface area (Å²) < 4.78 is 26.5. The minimum absolute atomic E-state index is 0.0213. The first kappa shape index (κ1) is 35.4. The average molecular weight is 586 g/mol. The van der Waals surface area contributed by atoms with Crippen LogP contribution in [-0.4, -0.2) is 53.8 Å². The molecule has 2 aromatic rings. The van der Waals surface area contributed by atoms with E-state index in [0.29, 0.717) is 17.9 Å². The number of benzene rings is 2. The fraction of sp³-hybridized carbons (Fsp3) is 0.600. The number of hydrogen-bond donors (Lipinski definition) is 1. The van der Waals surface area contributed by atoms with Crippen LogP contribution in [0.15, 0.2) is 36.4 Å². The zero-order valence-corrected chi connectivity index (χ0v) is 27.1. The second-order valence-electron chi connectivity index (χ2n) is 12.1. The molecule has 2 fully saturated rings. The topological polar surface area (TPSA) is 52.7 Å². The monoisotopic (exact) mass is 585 g/mol. The molecular weight excluding hydrogens is 532 g/mol. The van der Waals surface area contributed by atoms with Gasteiger partial charge in [-0.25, -0.2) is 8.78 Å². The zero-order valence-electron chi connectivity index (χ0n) is 27.1. The van der Waals surface area contributed by atoms with Gasteiger partial charge in [0.1, 0.15) is 11.6 Å². The van der Waals surface area contributed by atoms with E-state index in [0.717, 1.165) is 64.3 Å². The lowest BCUT2D eigenvalue weighted by Gasteiger charge is -2.32. The molecule has 2 aliphatic heterocycles. The highest BCUT2D eigenvalue weighted by atomic mass is 19.1. The first-order valence-corrected chi connectivity index (χ1v) is 15.8. The number of hydrogen-bond acceptors (Lipinski definition) is 3. The summed E-state index contributed by atoms with van der Waals surface area (Å²) in [5.74, 6) is -0.174. The van der Waals surface area contributed by atoms with E-state index in [1.807, 2.05) is 25.7 Å². The summed E-state index contributed by atoms with van der Waals surface area (Å²) in [5.41, 5.74) is 4.63. The minimum atomic E-state index is -0.503. The van der Waals surface area contributed by atoms with Gasteiger partial charge in [0, 0.05) is 43.6 Å². The Morgan fingerprint density at radius 1 is 0.976 bits per heavy atom. The standard InChI is InChI=1S/C19H28N2O2.C14H19F2N.C2H6/c1-4-15-6-7-17(16-8-10-21(13-22)11-9-16)18(12-15)14(3)20-19(23)5-2;1-14(2,3)17-7-6-10(9-17)12-5-4-11(15)8-13(12)16;1-2/h6-7,12-14,16H,4-5,8-11H2,1-3H3,(H,20,23);4-5,8,10H,6-7,9H2,1-3H3;1-2H3/t;10-;/m.0./s1. The first-order valence-electron chi connectivity index (χ1n) is 15.8. The summed E-state index contributed by atoms with van der Waals surface area (Å²) in [6, 6.07) is 10.6. The van der Waals surface area contributed by atoms with E-state index >= 15 is 0 Å². The summed E-state index contributed by atoms with van der Waals surface area (Å²) >= 11 is 0. The molecular formula is C35H53F2N3O2. The molecule has 7 heteroatoms. The summed E-state index contributed by atoms with van der Waals surface area (Å²) in [4.78, 5) is 26.9. The van der Waals surface area contributed by atoms with Gasteiger partial charge in [0.05, 0.1) is 6.04 Å². The van der Waals surface area contributed by atoms with E-state index in [4.69, 9.17) is 0 Å². The molecule has 2 aliphatic rings. The molecule has 42 heavy (non-hydrogen) atoms. The molecule has 2 saturated heterocycles. The second-order valence-corrected chi connectivity index (χ2v) is 12.1. The zero-order chi connectivity index (χ0) is 31.4. The lowest BCUT2D eigenvalue weighted by atomic mass is 9.84. The average Bonchev–Trinajstić information content (AvgIpc) is 3.49. The molecule has 0 radical (unpaired) electrons. The summed E-state index contributed by atoms with van der Waals surface area (Å²) in [7, 11) is 0. The number of aryl methyl sites for hydroxylation is 1. The smallest absolute Gasteiger partial charge is 0.220 e. The third-order valence-electron chi connectivity index (χ3n) is 8.38. The van der Waals surface area contributed by atoms with Crippen LogP contribution in [0.25, 0.3) is 0 Å². The van der Waals surface area contributed by atoms with Gasteiger partial charge in [-0.3, -0.25) is 14.5 Å². The van der Waals surface area contributed by atoms with E-state index in [9.17, 15) is 18.4 Å². The summed E-state index contributed by atoms with van der Waals surface area (Å²) in [6.45, 7) is 20.0. The Labute approximate surface area is 253 Å². The van der Waals surface area contributed by atoms with Crippen LogP contribution in [0.3, 0.4) is 0 Å². The van der Waals surface area contributed by atoms with E-state index < -0.39 is 11.6 Å². The van der Waals surface area contributed by atoms with Gasteiger partial charge in [-0.15, -0.1) is 0 Å². The highest BCUT2D eigenvalue weighted by Gasteiger charge is 2.32. The maximum Gasteiger partial charge on any atom is 0.220 e. The van der Waals surface area contributed by atoms with Crippen LogP contribution >= 0.6 is 0 Å². The van der Waals surface area contributed by atoms with Crippen molar-refractivity contribution in [2.24, 2.45) is 0 Å². The largest absolute Gasteiger partial charge is 0.350 e. The van der Waals surface area contributed by atoms with Gasteiger partial charge in [-0.05, 0) is 94.2 Å². The van der Waals surface area contributed by atoms with Gasteiger partial charge in [0.25, 0.3) is 0 Å². The Balaban J connectivity index is 0.000000288. The Bertz CT molecular complexity index is 1140. The van der Waals surface area contributed by atoms with Gasteiger partial charge < -0.3 is 10.2 Å². The molecule has 0 saturated carbocycles. The van der Waals surface area contributed by atoms with Crippen LogP contribution in [-0.2, 0) is 16.0 Å². The molecule has 2 atom stereocenters. The highest BCUT2D eigenvalue weighted by molar-refractivity contribution is 5.76. The summed E-state index contributed by atoms with van der Waals surface area (Å²) in [6.07, 6.45) is 5.37. The van der Waals surface area contributed by atoms with Crippen molar-refractivity contribution in [1.82, 2.24) is 15.1 Å². The van der Waals surface area contributed by atoms with E-state index in [2.05, 4.69) is 63.0 Å². The molecule has 1 N–H and O–H groups in total. The number of rotatable bonds is 7.